The summed E-state index contributed by atoms with van der Waals surface area (Å²) in [6, 6.07) is 5.42. The van der Waals surface area contributed by atoms with E-state index in [1.54, 1.807) is 10.4 Å². The van der Waals surface area contributed by atoms with Crippen molar-refractivity contribution in [3.8, 4) is 0 Å². The first-order chi connectivity index (χ1) is 9.48. The lowest BCUT2D eigenvalue weighted by molar-refractivity contribution is 0.415. The van der Waals surface area contributed by atoms with E-state index in [2.05, 4.69) is 6.92 Å². The maximum absolute atomic E-state index is 12.8. The fraction of sp³-hybridized carbons (Fsp3) is 0.571. The molecule has 0 aromatic heterocycles. The molecule has 1 unspecified atom stereocenters. The second kappa shape index (κ2) is 6.69. The van der Waals surface area contributed by atoms with Gasteiger partial charge in [0, 0.05) is 30.0 Å². The van der Waals surface area contributed by atoms with Gasteiger partial charge < -0.3 is 0 Å². The van der Waals surface area contributed by atoms with E-state index in [-0.39, 0.29) is 0 Å². The maximum atomic E-state index is 12.8. The predicted molar refractivity (Wildman–Crippen MR) is 86.0 cm³/mol. The Morgan fingerprint density at radius 2 is 2.20 bits per heavy atom. The van der Waals surface area contributed by atoms with Gasteiger partial charge in [-0.25, -0.2) is 8.42 Å². The van der Waals surface area contributed by atoms with Crippen LogP contribution in [-0.2, 0) is 15.9 Å². The van der Waals surface area contributed by atoms with Gasteiger partial charge in [-0.1, -0.05) is 19.1 Å². The molecule has 1 heterocycles. The lowest BCUT2D eigenvalue weighted by atomic mass is 10.2. The average molecular weight is 334 g/mol. The Morgan fingerprint density at radius 3 is 2.85 bits per heavy atom. The number of hydrogen-bond acceptors (Lipinski definition) is 3. The van der Waals surface area contributed by atoms with E-state index in [0.717, 1.165) is 23.3 Å². The summed E-state index contributed by atoms with van der Waals surface area (Å²) in [5.74, 6) is 1.20. The summed E-state index contributed by atoms with van der Waals surface area (Å²) in [6.45, 7) is 5.14. The molecule has 1 aliphatic heterocycles. The molecule has 1 aromatic carbocycles. The van der Waals surface area contributed by atoms with E-state index in [9.17, 15) is 8.42 Å². The summed E-state index contributed by atoms with van der Waals surface area (Å²) in [6.07, 6.45) is 0.997. The molecule has 0 spiro atoms. The van der Waals surface area contributed by atoms with Gasteiger partial charge in [0.25, 0.3) is 0 Å². The van der Waals surface area contributed by atoms with Crippen LogP contribution in [-0.4, -0.2) is 36.8 Å². The van der Waals surface area contributed by atoms with E-state index >= 15 is 0 Å². The van der Waals surface area contributed by atoms with Crippen LogP contribution in [0.3, 0.4) is 0 Å². The number of halogens is 1. The summed E-state index contributed by atoms with van der Waals surface area (Å²) in [7, 11) is -3.41. The van der Waals surface area contributed by atoms with Gasteiger partial charge >= 0.3 is 0 Å². The molecule has 1 aromatic rings. The lowest BCUT2D eigenvalue weighted by Crippen LogP contribution is -2.41. The number of nitrogens with zero attached hydrogens (tertiary/aromatic N) is 1. The molecule has 2 rings (SSSR count). The van der Waals surface area contributed by atoms with Crippen molar-refractivity contribution in [2.75, 3.05) is 18.8 Å². The zero-order chi connectivity index (χ0) is 14.8. The van der Waals surface area contributed by atoms with Crippen LogP contribution in [0.4, 0.5) is 0 Å². The van der Waals surface area contributed by atoms with Crippen LogP contribution < -0.4 is 0 Å². The first kappa shape index (κ1) is 16.1. The fourth-order valence-corrected chi connectivity index (χ4v) is 5.62. The molecule has 0 bridgehead atoms. The number of aryl methyl sites for hydroxylation is 1. The van der Waals surface area contributed by atoms with Gasteiger partial charge in [0.1, 0.15) is 0 Å². The molecule has 0 saturated carbocycles. The molecule has 6 heteroatoms. The fourth-order valence-electron chi connectivity index (χ4n) is 2.30. The van der Waals surface area contributed by atoms with Crippen LogP contribution in [0.15, 0.2) is 23.1 Å². The second-order valence-electron chi connectivity index (χ2n) is 5.00. The van der Waals surface area contributed by atoms with Gasteiger partial charge in [0.05, 0.1) is 4.90 Å². The normalized spacial score (nSPS) is 21.1. The maximum Gasteiger partial charge on any atom is 0.243 e. The molecular weight excluding hydrogens is 314 g/mol. The Labute approximate surface area is 130 Å². The Kier molecular flexibility index (Phi) is 5.40. The van der Waals surface area contributed by atoms with Crippen LogP contribution in [0.1, 0.15) is 24.5 Å². The summed E-state index contributed by atoms with van der Waals surface area (Å²) >= 11 is 7.68. The number of benzene rings is 1. The van der Waals surface area contributed by atoms with E-state index in [0.29, 0.717) is 29.1 Å². The second-order valence-corrected chi connectivity index (χ2v) is 8.58. The number of rotatable bonds is 4. The first-order valence-electron chi connectivity index (χ1n) is 6.76. The highest BCUT2D eigenvalue weighted by atomic mass is 35.5. The molecule has 20 heavy (non-hydrogen) atoms. The Morgan fingerprint density at radius 1 is 1.45 bits per heavy atom. The molecule has 0 N–H and O–H groups in total. The Balaban J connectivity index is 2.34. The van der Waals surface area contributed by atoms with Crippen LogP contribution in [0, 0.1) is 6.92 Å². The largest absolute Gasteiger partial charge is 0.243 e. The smallest absolute Gasteiger partial charge is 0.207 e. The van der Waals surface area contributed by atoms with Gasteiger partial charge in [0.15, 0.2) is 0 Å². The highest BCUT2D eigenvalue weighted by Crippen LogP contribution is 2.28. The number of sulfonamides is 1. The highest BCUT2D eigenvalue weighted by Gasteiger charge is 2.30. The van der Waals surface area contributed by atoms with Crippen molar-refractivity contribution in [1.29, 1.82) is 0 Å². The molecule has 1 atom stereocenters. The topological polar surface area (TPSA) is 37.4 Å². The minimum absolute atomic E-state index is 0.330. The van der Waals surface area contributed by atoms with Crippen LogP contribution >= 0.6 is 23.4 Å². The van der Waals surface area contributed by atoms with Gasteiger partial charge in [-0.15, -0.1) is 11.6 Å². The third kappa shape index (κ3) is 3.32. The van der Waals surface area contributed by atoms with E-state index < -0.39 is 10.0 Å². The van der Waals surface area contributed by atoms with E-state index in [4.69, 9.17) is 11.6 Å². The molecule has 112 valence electrons. The molecule has 1 aliphatic rings. The lowest BCUT2D eigenvalue weighted by Gasteiger charge is -2.31. The number of alkyl halides is 1. The molecular formula is C14H20ClNO2S2. The summed E-state index contributed by atoms with van der Waals surface area (Å²) in [5, 5.41) is 0.398. The Bertz CT molecular complexity index is 575. The standard InChI is InChI=1S/C14H20ClNO2S2/c1-3-13-10-16(6-7-19-13)20(17,18)14-8-12(9-15)5-4-11(14)2/h4-5,8,13H,3,6-7,9-10H2,1-2H3. The van der Waals surface area contributed by atoms with Gasteiger partial charge in [-0.3, -0.25) is 0 Å². The van der Waals surface area contributed by atoms with Gasteiger partial charge in [-0.2, -0.15) is 16.1 Å². The van der Waals surface area contributed by atoms with E-state index in [1.165, 1.54) is 0 Å². The van der Waals surface area contributed by atoms with Gasteiger partial charge in [-0.05, 0) is 30.5 Å². The highest BCUT2D eigenvalue weighted by molar-refractivity contribution is 8.00. The van der Waals surface area contributed by atoms with Crippen molar-refractivity contribution in [1.82, 2.24) is 4.31 Å². The van der Waals surface area contributed by atoms with E-state index in [1.807, 2.05) is 30.8 Å². The van der Waals surface area contributed by atoms with Crippen molar-refractivity contribution in [2.45, 2.75) is 36.3 Å². The van der Waals surface area contributed by atoms with Crippen molar-refractivity contribution in [2.24, 2.45) is 0 Å². The minimum atomic E-state index is -3.41. The molecule has 0 aliphatic carbocycles. The summed E-state index contributed by atoms with van der Waals surface area (Å²) in [5.41, 5.74) is 1.62. The third-order valence-corrected chi connectivity index (χ3v) is 7.27. The average Bonchev–Trinajstić information content (AvgIpc) is 2.47. The number of hydrogen-bond donors (Lipinski definition) is 0. The molecule has 0 amide bonds. The zero-order valence-corrected chi connectivity index (χ0v) is 14.2. The molecule has 1 saturated heterocycles. The summed E-state index contributed by atoms with van der Waals surface area (Å²) < 4.78 is 27.2. The molecule has 3 nitrogen and oxygen atoms in total. The zero-order valence-electron chi connectivity index (χ0n) is 11.8. The van der Waals surface area contributed by atoms with Crippen LogP contribution in [0.25, 0.3) is 0 Å². The van der Waals surface area contributed by atoms with Gasteiger partial charge in [0.2, 0.25) is 10.0 Å². The van der Waals surface area contributed by atoms with Crippen LogP contribution in [0.2, 0.25) is 0 Å². The quantitative estimate of drug-likeness (QED) is 0.794. The molecule has 1 fully saturated rings. The SMILES string of the molecule is CCC1CN(S(=O)(=O)c2cc(CCl)ccc2C)CCS1. The van der Waals surface area contributed by atoms with Crippen molar-refractivity contribution in [3.05, 3.63) is 29.3 Å². The molecule has 0 radical (unpaired) electrons. The van der Waals surface area contributed by atoms with Crippen molar-refractivity contribution < 1.29 is 8.42 Å². The monoisotopic (exact) mass is 333 g/mol. The van der Waals surface area contributed by atoms with Crippen molar-refractivity contribution in [3.63, 3.8) is 0 Å². The number of thioether (sulfide) groups is 1. The Hall–Kier alpha value is -0.230. The minimum Gasteiger partial charge on any atom is -0.207 e. The first-order valence-corrected chi connectivity index (χ1v) is 9.78. The van der Waals surface area contributed by atoms with Crippen LogP contribution in [0.5, 0.6) is 0 Å². The van der Waals surface area contributed by atoms with Crippen molar-refractivity contribution >= 4 is 33.4 Å². The third-order valence-electron chi connectivity index (χ3n) is 3.58. The summed E-state index contributed by atoms with van der Waals surface area (Å²) in [4.78, 5) is 0.400. The predicted octanol–water partition coefficient (Wildman–Crippen LogP) is 3.25.